The molecule has 0 aliphatic carbocycles. The number of alkyl halides is 1. The normalized spacial score (nSPS) is 13.6. The maximum Gasteiger partial charge on any atom is 0.407 e. The number of hydrogen-bond acceptors (Lipinski definition) is 6. The van der Waals surface area contributed by atoms with Crippen molar-refractivity contribution in [1.82, 2.24) is 24.9 Å². The van der Waals surface area contributed by atoms with E-state index < -0.39 is 23.9 Å². The van der Waals surface area contributed by atoms with Crippen LogP contribution in [0.3, 0.4) is 0 Å². The summed E-state index contributed by atoms with van der Waals surface area (Å²) in [6.07, 6.45) is 1.66. The van der Waals surface area contributed by atoms with E-state index in [1.807, 2.05) is 19.1 Å². The Morgan fingerprint density at radius 2 is 2.00 bits per heavy atom. The summed E-state index contributed by atoms with van der Waals surface area (Å²) in [7, 11) is 0. The van der Waals surface area contributed by atoms with Crippen LogP contribution in [0.2, 0.25) is 5.28 Å². The lowest BCUT2D eigenvalue weighted by Crippen LogP contribution is -2.44. The van der Waals surface area contributed by atoms with Gasteiger partial charge in [0.1, 0.15) is 21.9 Å². The first-order chi connectivity index (χ1) is 15.5. The molecule has 2 atom stereocenters. The Morgan fingerprint density at radius 1 is 1.33 bits per heavy atom. The molecule has 0 saturated heterocycles. The quantitative estimate of drug-likeness (QED) is 0.424. The summed E-state index contributed by atoms with van der Waals surface area (Å²) in [5.74, 6) is 0.543. The number of alkyl carbamates (subject to hydrolysis) is 1. The standard InChI is InChI=1S/C22H27BrClFN6O2/c1-12-15(10-16(13(2)25)28-21(32)33-22(3,4)5)18(23)31-17(12)19(29-20(24)30-31)27-11-14-6-8-26-9-7-14/h6-9,13,16H,10-11H2,1-5H3,(H,28,32)(H,27,29,30)/t13-,16+/m0/s1. The number of ether oxygens (including phenoxy) is 1. The lowest BCUT2D eigenvalue weighted by atomic mass is 10.0. The van der Waals surface area contributed by atoms with Crippen LogP contribution in [-0.4, -0.2) is 43.5 Å². The average Bonchev–Trinajstić information content (AvgIpc) is 2.95. The molecule has 0 spiro atoms. The fourth-order valence-corrected chi connectivity index (χ4v) is 4.23. The Balaban J connectivity index is 1.92. The zero-order valence-electron chi connectivity index (χ0n) is 19.1. The fraction of sp³-hybridized carbons (Fsp3) is 0.455. The Bertz CT molecular complexity index is 1130. The van der Waals surface area contributed by atoms with Crippen LogP contribution in [-0.2, 0) is 17.7 Å². The van der Waals surface area contributed by atoms with Crippen molar-refractivity contribution in [3.8, 4) is 0 Å². The molecule has 0 aliphatic rings. The van der Waals surface area contributed by atoms with E-state index in [1.165, 1.54) is 6.92 Å². The van der Waals surface area contributed by atoms with Gasteiger partial charge in [0.05, 0.1) is 6.04 Å². The van der Waals surface area contributed by atoms with Crippen molar-refractivity contribution in [1.29, 1.82) is 0 Å². The summed E-state index contributed by atoms with van der Waals surface area (Å²) >= 11 is 9.75. The highest BCUT2D eigenvalue weighted by Gasteiger charge is 2.27. The summed E-state index contributed by atoms with van der Waals surface area (Å²) < 4.78 is 22.0. The lowest BCUT2D eigenvalue weighted by Gasteiger charge is -2.24. The highest BCUT2D eigenvalue weighted by Crippen LogP contribution is 2.33. The summed E-state index contributed by atoms with van der Waals surface area (Å²) in [6.45, 7) is 9.07. The average molecular weight is 542 g/mol. The highest BCUT2D eigenvalue weighted by molar-refractivity contribution is 9.10. The van der Waals surface area contributed by atoms with Crippen LogP contribution < -0.4 is 10.6 Å². The minimum Gasteiger partial charge on any atom is -0.444 e. The number of nitrogens with zero attached hydrogens (tertiary/aromatic N) is 4. The largest absolute Gasteiger partial charge is 0.444 e. The zero-order valence-corrected chi connectivity index (χ0v) is 21.5. The van der Waals surface area contributed by atoms with Crippen LogP contribution in [0.5, 0.6) is 0 Å². The Kier molecular flexibility index (Phi) is 7.79. The molecule has 178 valence electrons. The van der Waals surface area contributed by atoms with E-state index in [1.54, 1.807) is 37.7 Å². The molecule has 0 unspecified atom stereocenters. The molecule has 3 heterocycles. The molecule has 0 aromatic carbocycles. The first-order valence-electron chi connectivity index (χ1n) is 10.5. The molecule has 0 fully saturated rings. The van der Waals surface area contributed by atoms with Crippen molar-refractivity contribution in [2.24, 2.45) is 0 Å². The molecule has 8 nitrogen and oxygen atoms in total. The highest BCUT2D eigenvalue weighted by atomic mass is 79.9. The maximum absolute atomic E-state index is 14.5. The number of carbonyl (C=O) groups is 1. The summed E-state index contributed by atoms with van der Waals surface area (Å²) in [5.41, 5.74) is 2.67. The number of aromatic nitrogens is 4. The van der Waals surface area contributed by atoms with Crippen molar-refractivity contribution < 1.29 is 13.9 Å². The second-order valence-corrected chi connectivity index (χ2v) is 9.82. The van der Waals surface area contributed by atoms with Gasteiger partial charge in [-0.2, -0.15) is 4.98 Å². The van der Waals surface area contributed by atoms with Crippen LogP contribution in [0.4, 0.5) is 15.0 Å². The zero-order chi connectivity index (χ0) is 24.3. The van der Waals surface area contributed by atoms with Gasteiger partial charge in [0.2, 0.25) is 5.28 Å². The van der Waals surface area contributed by atoms with Gasteiger partial charge >= 0.3 is 6.09 Å². The van der Waals surface area contributed by atoms with Gasteiger partial charge < -0.3 is 15.4 Å². The first kappa shape index (κ1) is 25.2. The molecule has 11 heteroatoms. The Hall–Kier alpha value is -2.46. The smallest absolute Gasteiger partial charge is 0.407 e. The number of nitrogens with one attached hydrogen (secondary N) is 2. The summed E-state index contributed by atoms with van der Waals surface area (Å²) in [5, 5.41) is 10.3. The van der Waals surface area contributed by atoms with Crippen molar-refractivity contribution >= 4 is 45.0 Å². The van der Waals surface area contributed by atoms with Crippen LogP contribution in [0.15, 0.2) is 29.1 Å². The van der Waals surface area contributed by atoms with Crippen LogP contribution in [0, 0.1) is 6.92 Å². The number of amides is 1. The van der Waals surface area contributed by atoms with E-state index in [0.29, 0.717) is 22.5 Å². The first-order valence-corrected chi connectivity index (χ1v) is 11.6. The monoisotopic (exact) mass is 540 g/mol. The topological polar surface area (TPSA) is 93.4 Å². The van der Waals surface area contributed by atoms with Crippen molar-refractivity contribution in [2.45, 2.75) is 65.4 Å². The second-order valence-electron chi connectivity index (χ2n) is 8.73. The number of halogens is 3. The van der Waals surface area contributed by atoms with Crippen molar-refractivity contribution in [3.63, 3.8) is 0 Å². The number of fused-ring (bicyclic) bond motifs is 1. The Labute approximate surface area is 205 Å². The number of carbonyl (C=O) groups excluding carboxylic acids is 1. The predicted molar refractivity (Wildman–Crippen MR) is 129 cm³/mol. The molecule has 0 bridgehead atoms. The van der Waals surface area contributed by atoms with Gasteiger partial charge in [-0.3, -0.25) is 4.98 Å². The molecule has 3 aromatic rings. The van der Waals surface area contributed by atoms with Gasteiger partial charge in [-0.15, -0.1) is 5.10 Å². The van der Waals surface area contributed by atoms with Crippen molar-refractivity contribution in [2.75, 3.05) is 5.32 Å². The molecule has 33 heavy (non-hydrogen) atoms. The van der Waals surface area contributed by atoms with E-state index in [2.05, 4.69) is 41.6 Å². The second kappa shape index (κ2) is 10.2. The van der Waals surface area contributed by atoms with E-state index in [0.717, 1.165) is 16.7 Å². The van der Waals surface area contributed by atoms with Gasteiger partial charge in [-0.05, 0) is 97.4 Å². The van der Waals surface area contributed by atoms with Gasteiger partial charge in [0, 0.05) is 18.9 Å². The number of pyridine rings is 1. The summed E-state index contributed by atoms with van der Waals surface area (Å²) in [4.78, 5) is 20.6. The third-order valence-electron chi connectivity index (χ3n) is 4.96. The molecular weight excluding hydrogens is 515 g/mol. The molecule has 1 amide bonds. The van der Waals surface area contributed by atoms with Gasteiger partial charge in [0.15, 0.2) is 5.82 Å². The maximum atomic E-state index is 14.5. The molecule has 3 rings (SSSR count). The van der Waals surface area contributed by atoms with E-state index in [4.69, 9.17) is 16.3 Å². The summed E-state index contributed by atoms with van der Waals surface area (Å²) in [6, 6.07) is 2.99. The molecule has 0 radical (unpaired) electrons. The molecule has 2 N–H and O–H groups in total. The molecule has 0 aliphatic heterocycles. The van der Waals surface area contributed by atoms with E-state index in [-0.39, 0.29) is 11.7 Å². The number of hydrogen-bond donors (Lipinski definition) is 2. The van der Waals surface area contributed by atoms with Crippen LogP contribution in [0.1, 0.15) is 44.4 Å². The molecular formula is C22H27BrClFN6O2. The van der Waals surface area contributed by atoms with Crippen LogP contribution >= 0.6 is 27.5 Å². The number of aryl methyl sites for hydroxylation is 1. The number of rotatable bonds is 7. The Morgan fingerprint density at radius 3 is 2.61 bits per heavy atom. The van der Waals surface area contributed by atoms with E-state index in [9.17, 15) is 9.18 Å². The fourth-order valence-electron chi connectivity index (χ4n) is 3.36. The molecule has 3 aromatic heterocycles. The minimum atomic E-state index is -1.31. The van der Waals surface area contributed by atoms with Crippen molar-refractivity contribution in [3.05, 3.63) is 51.1 Å². The minimum absolute atomic E-state index is 0.0595. The molecule has 0 saturated carbocycles. The van der Waals surface area contributed by atoms with E-state index >= 15 is 0 Å². The van der Waals surface area contributed by atoms with Gasteiger partial charge in [-0.25, -0.2) is 13.7 Å². The van der Waals surface area contributed by atoms with Gasteiger partial charge in [-0.1, -0.05) is 0 Å². The third kappa shape index (κ3) is 6.32. The van der Waals surface area contributed by atoms with Gasteiger partial charge in [0.25, 0.3) is 0 Å². The lowest BCUT2D eigenvalue weighted by molar-refractivity contribution is 0.0477. The third-order valence-corrected chi connectivity index (χ3v) is 5.93. The predicted octanol–water partition coefficient (Wildman–Crippen LogP) is 5.25. The number of anilines is 1. The van der Waals surface area contributed by atoms with Crippen LogP contribution in [0.25, 0.3) is 5.52 Å². The SMILES string of the molecule is Cc1c(C[C@@H](NC(=O)OC(C)(C)C)[C@H](C)F)c(Br)n2nc(Cl)nc(NCc3ccncc3)c12.